The quantitative estimate of drug-likeness (QED) is 0.295. The van der Waals surface area contributed by atoms with Crippen LogP contribution in [0.1, 0.15) is 37.1 Å². The molecule has 0 bridgehead atoms. The molecule has 1 aromatic rings. The highest BCUT2D eigenvalue weighted by atomic mass is 127. The van der Waals surface area contributed by atoms with Crippen LogP contribution in [0.4, 0.5) is 0 Å². The molecule has 0 saturated heterocycles. The fourth-order valence-corrected chi connectivity index (χ4v) is 2.28. The van der Waals surface area contributed by atoms with E-state index in [-0.39, 0.29) is 36.0 Å². The van der Waals surface area contributed by atoms with Crippen LogP contribution in [0.3, 0.4) is 0 Å². The van der Waals surface area contributed by atoms with Crippen molar-refractivity contribution in [3.05, 3.63) is 16.1 Å². The van der Waals surface area contributed by atoms with Crippen LogP contribution in [0, 0.1) is 6.92 Å². The third-order valence-corrected chi connectivity index (χ3v) is 3.27. The van der Waals surface area contributed by atoms with Crippen molar-refractivity contribution in [2.45, 2.75) is 46.8 Å². The number of nitrogens with one attached hydrogen (secondary N) is 2. The third-order valence-electron chi connectivity index (χ3n) is 2.37. The minimum atomic E-state index is -0.205. The molecule has 0 spiro atoms. The molecule has 0 aromatic carbocycles. The Morgan fingerprint density at radius 2 is 2.18 bits per heavy atom. The number of ether oxygens (including phenoxy) is 1. The molecule has 0 amide bonds. The molecule has 126 valence electrons. The largest absolute Gasteiger partial charge is 0.463 e. The summed E-state index contributed by atoms with van der Waals surface area (Å²) < 4.78 is 5.08. The lowest BCUT2D eigenvalue weighted by Crippen LogP contribution is -2.38. The van der Waals surface area contributed by atoms with Crippen molar-refractivity contribution in [3.63, 3.8) is 0 Å². The molecule has 8 heteroatoms. The summed E-state index contributed by atoms with van der Waals surface area (Å²) in [5.41, 5.74) is 0. The van der Waals surface area contributed by atoms with Gasteiger partial charge in [-0.05, 0) is 27.7 Å². The molecule has 0 aliphatic carbocycles. The first kappa shape index (κ1) is 21.1. The van der Waals surface area contributed by atoms with Crippen LogP contribution in [0.15, 0.2) is 11.2 Å². The SMILES string of the molecule is CCNC(=NCc1ncc(C)s1)NCCC(=O)OC(C)C.I. The van der Waals surface area contributed by atoms with E-state index in [4.69, 9.17) is 4.74 Å². The van der Waals surface area contributed by atoms with E-state index in [1.54, 1.807) is 11.3 Å². The number of carbonyl (C=O) groups excluding carboxylic acids is 1. The summed E-state index contributed by atoms with van der Waals surface area (Å²) >= 11 is 1.64. The summed E-state index contributed by atoms with van der Waals surface area (Å²) in [6.45, 7) is 9.49. The number of aryl methyl sites for hydroxylation is 1. The van der Waals surface area contributed by atoms with Crippen LogP contribution in [-0.2, 0) is 16.1 Å². The van der Waals surface area contributed by atoms with E-state index in [9.17, 15) is 4.79 Å². The number of guanidine groups is 1. The number of nitrogens with zero attached hydrogens (tertiary/aromatic N) is 2. The van der Waals surface area contributed by atoms with Crippen molar-refractivity contribution in [2.24, 2.45) is 4.99 Å². The minimum absolute atomic E-state index is 0. The van der Waals surface area contributed by atoms with E-state index in [0.29, 0.717) is 25.5 Å². The monoisotopic (exact) mass is 440 g/mol. The number of aromatic nitrogens is 1. The first-order valence-electron chi connectivity index (χ1n) is 7.14. The van der Waals surface area contributed by atoms with Crippen LogP contribution in [0.25, 0.3) is 0 Å². The zero-order chi connectivity index (χ0) is 15.7. The molecule has 22 heavy (non-hydrogen) atoms. The lowest BCUT2D eigenvalue weighted by molar-refractivity contribution is -0.147. The van der Waals surface area contributed by atoms with Crippen molar-refractivity contribution in [1.29, 1.82) is 0 Å². The van der Waals surface area contributed by atoms with Gasteiger partial charge in [-0.3, -0.25) is 4.79 Å². The molecule has 6 nitrogen and oxygen atoms in total. The van der Waals surface area contributed by atoms with Crippen molar-refractivity contribution >= 4 is 47.2 Å². The highest BCUT2D eigenvalue weighted by Crippen LogP contribution is 2.11. The predicted molar refractivity (Wildman–Crippen MR) is 101 cm³/mol. The summed E-state index contributed by atoms with van der Waals surface area (Å²) in [5, 5.41) is 7.23. The average Bonchev–Trinajstić information content (AvgIpc) is 2.81. The Morgan fingerprint density at radius 1 is 1.45 bits per heavy atom. The summed E-state index contributed by atoms with van der Waals surface area (Å²) in [7, 11) is 0. The number of rotatable bonds is 7. The molecule has 0 saturated carbocycles. The number of thiazole rings is 1. The van der Waals surface area contributed by atoms with E-state index in [1.807, 2.05) is 33.9 Å². The van der Waals surface area contributed by atoms with Gasteiger partial charge in [0.25, 0.3) is 0 Å². The van der Waals surface area contributed by atoms with Gasteiger partial charge < -0.3 is 15.4 Å². The van der Waals surface area contributed by atoms with Crippen LogP contribution in [0.2, 0.25) is 0 Å². The Kier molecular flexibility index (Phi) is 11.2. The Hall–Kier alpha value is -0.900. The molecular weight excluding hydrogens is 415 g/mol. The van der Waals surface area contributed by atoms with E-state index in [2.05, 4.69) is 20.6 Å². The van der Waals surface area contributed by atoms with Gasteiger partial charge in [-0.15, -0.1) is 35.3 Å². The second kappa shape index (κ2) is 11.6. The normalized spacial score (nSPS) is 11.0. The molecule has 0 atom stereocenters. The fraction of sp³-hybridized carbons (Fsp3) is 0.643. The topological polar surface area (TPSA) is 75.6 Å². The maximum Gasteiger partial charge on any atom is 0.307 e. The molecule has 0 fully saturated rings. The summed E-state index contributed by atoms with van der Waals surface area (Å²) in [4.78, 5) is 21.3. The lowest BCUT2D eigenvalue weighted by atomic mass is 10.4. The number of hydrogen-bond acceptors (Lipinski definition) is 5. The van der Waals surface area contributed by atoms with E-state index >= 15 is 0 Å². The average molecular weight is 440 g/mol. The van der Waals surface area contributed by atoms with Crippen molar-refractivity contribution in [3.8, 4) is 0 Å². The van der Waals surface area contributed by atoms with Gasteiger partial charge in [0.05, 0.1) is 19.1 Å². The predicted octanol–water partition coefficient (Wildman–Crippen LogP) is 2.47. The first-order chi connectivity index (χ1) is 10.0. The Morgan fingerprint density at radius 3 is 2.73 bits per heavy atom. The van der Waals surface area contributed by atoms with E-state index in [1.165, 1.54) is 4.88 Å². The second-order valence-corrected chi connectivity index (χ2v) is 6.09. The summed E-state index contributed by atoms with van der Waals surface area (Å²) in [5.74, 6) is 0.478. The molecule has 0 aliphatic rings. The van der Waals surface area contributed by atoms with E-state index in [0.717, 1.165) is 11.6 Å². The molecule has 2 N–H and O–H groups in total. The zero-order valence-electron chi connectivity index (χ0n) is 13.5. The van der Waals surface area contributed by atoms with Crippen molar-refractivity contribution < 1.29 is 9.53 Å². The second-order valence-electron chi connectivity index (χ2n) is 4.78. The number of hydrogen-bond donors (Lipinski definition) is 2. The maximum atomic E-state index is 11.4. The standard InChI is InChI=1S/C14H24N4O2S.HI/c1-5-15-14(16-7-6-13(19)20-10(2)3)18-9-12-17-8-11(4)21-12;/h8,10H,5-7,9H2,1-4H3,(H2,15,16,18);1H. The van der Waals surface area contributed by atoms with Gasteiger partial charge in [0, 0.05) is 24.2 Å². The van der Waals surface area contributed by atoms with E-state index < -0.39 is 0 Å². The Balaban J connectivity index is 0.00000441. The van der Waals surface area contributed by atoms with Crippen molar-refractivity contribution in [2.75, 3.05) is 13.1 Å². The molecule has 0 aliphatic heterocycles. The highest BCUT2D eigenvalue weighted by Gasteiger charge is 2.06. The van der Waals surface area contributed by atoms with Crippen LogP contribution in [0.5, 0.6) is 0 Å². The fourth-order valence-electron chi connectivity index (χ4n) is 1.57. The smallest absolute Gasteiger partial charge is 0.307 e. The molecule has 0 unspecified atom stereocenters. The van der Waals surface area contributed by atoms with Crippen LogP contribution >= 0.6 is 35.3 Å². The molecule has 1 rings (SSSR count). The number of aliphatic imine (C=N–C) groups is 1. The molecular formula is C14H25IN4O2S. The Bertz CT molecular complexity index is 477. The molecule has 0 radical (unpaired) electrons. The number of esters is 1. The van der Waals surface area contributed by atoms with Gasteiger partial charge in [0.2, 0.25) is 0 Å². The highest BCUT2D eigenvalue weighted by molar-refractivity contribution is 14.0. The minimum Gasteiger partial charge on any atom is -0.463 e. The van der Waals surface area contributed by atoms with Gasteiger partial charge in [-0.2, -0.15) is 0 Å². The number of halogens is 1. The third kappa shape index (κ3) is 9.19. The summed E-state index contributed by atoms with van der Waals surface area (Å²) in [6, 6.07) is 0. The van der Waals surface area contributed by atoms with Crippen LogP contribution < -0.4 is 10.6 Å². The van der Waals surface area contributed by atoms with Gasteiger partial charge in [-0.25, -0.2) is 9.98 Å². The van der Waals surface area contributed by atoms with Crippen molar-refractivity contribution in [1.82, 2.24) is 15.6 Å². The lowest BCUT2D eigenvalue weighted by Gasteiger charge is -2.11. The van der Waals surface area contributed by atoms with Gasteiger partial charge in [-0.1, -0.05) is 0 Å². The Labute approximate surface area is 153 Å². The van der Waals surface area contributed by atoms with Gasteiger partial charge >= 0.3 is 5.97 Å². The van der Waals surface area contributed by atoms with Crippen LogP contribution in [-0.4, -0.2) is 36.1 Å². The molecule has 1 heterocycles. The van der Waals surface area contributed by atoms with Gasteiger partial charge in [0.15, 0.2) is 5.96 Å². The zero-order valence-corrected chi connectivity index (χ0v) is 16.7. The number of carbonyl (C=O) groups is 1. The van der Waals surface area contributed by atoms with Gasteiger partial charge in [0.1, 0.15) is 5.01 Å². The maximum absolute atomic E-state index is 11.4. The summed E-state index contributed by atoms with van der Waals surface area (Å²) in [6.07, 6.45) is 2.09. The molecule has 1 aromatic heterocycles. The first-order valence-corrected chi connectivity index (χ1v) is 7.96.